The number of aliphatic hydroxyl groups is 3. The number of unbranched alkanes of at least 4 members (excludes halogenated alkanes) is 3. The number of Topliss-reactive ketones (excluding diaryl/α,β-unsaturated/α-hetero) is 2. The van der Waals surface area contributed by atoms with Crippen molar-refractivity contribution in [2.45, 2.75) is 83.3 Å². The quantitative estimate of drug-likeness (QED) is 0.337. The maximum atomic E-state index is 12.2. The SMILES string of the molecule is CCCC[C@](C)(O)CC=CC1C(O)CC(=O)C1C=CCCCCC(=O)CO. The lowest BCUT2D eigenvalue weighted by atomic mass is 9.90. The number of hydrogen-bond acceptors (Lipinski definition) is 5. The first-order valence-electron chi connectivity index (χ1n) is 10.2. The van der Waals surface area contributed by atoms with Crippen molar-refractivity contribution in [2.24, 2.45) is 11.8 Å². The predicted octanol–water partition coefficient (Wildman–Crippen LogP) is 3.12. The van der Waals surface area contributed by atoms with Crippen molar-refractivity contribution in [3.05, 3.63) is 24.3 Å². The Bertz CT molecular complexity index is 521. The lowest BCUT2D eigenvalue weighted by Crippen LogP contribution is -2.23. The molecule has 154 valence electrons. The highest BCUT2D eigenvalue weighted by molar-refractivity contribution is 5.86. The molecular weight excluding hydrogens is 344 g/mol. The molecule has 0 heterocycles. The van der Waals surface area contributed by atoms with E-state index in [1.165, 1.54) is 0 Å². The lowest BCUT2D eigenvalue weighted by Gasteiger charge is -2.22. The molecular formula is C22H36O5. The van der Waals surface area contributed by atoms with E-state index in [1.807, 2.05) is 31.2 Å². The summed E-state index contributed by atoms with van der Waals surface area (Å²) in [5.41, 5.74) is -0.753. The molecule has 4 atom stereocenters. The number of carbonyl (C=O) groups excluding carboxylic acids is 2. The van der Waals surface area contributed by atoms with Crippen molar-refractivity contribution in [1.82, 2.24) is 0 Å². The van der Waals surface area contributed by atoms with E-state index in [2.05, 4.69) is 6.92 Å². The van der Waals surface area contributed by atoms with Crippen LogP contribution in [0.3, 0.4) is 0 Å². The summed E-state index contributed by atoms with van der Waals surface area (Å²) in [6.07, 6.45) is 13.0. The summed E-state index contributed by atoms with van der Waals surface area (Å²) in [5, 5.41) is 29.2. The molecule has 0 saturated heterocycles. The zero-order valence-corrected chi connectivity index (χ0v) is 16.8. The minimum atomic E-state index is -0.753. The topological polar surface area (TPSA) is 94.8 Å². The first-order chi connectivity index (χ1) is 12.8. The molecule has 1 aliphatic rings. The normalized spacial score (nSPS) is 25.5. The molecule has 0 spiro atoms. The first-order valence-corrected chi connectivity index (χ1v) is 10.2. The molecule has 0 aromatic rings. The van der Waals surface area contributed by atoms with Gasteiger partial charge in [-0.05, 0) is 39.0 Å². The van der Waals surface area contributed by atoms with Crippen LogP contribution in [0.1, 0.15) is 71.6 Å². The first kappa shape index (κ1) is 23.7. The number of aliphatic hydroxyl groups excluding tert-OH is 2. The Labute approximate surface area is 163 Å². The van der Waals surface area contributed by atoms with Crippen LogP contribution in [0.15, 0.2) is 24.3 Å². The van der Waals surface area contributed by atoms with Gasteiger partial charge in [-0.25, -0.2) is 0 Å². The van der Waals surface area contributed by atoms with Gasteiger partial charge in [-0.1, -0.05) is 44.1 Å². The summed E-state index contributed by atoms with van der Waals surface area (Å²) >= 11 is 0. The Morgan fingerprint density at radius 3 is 2.63 bits per heavy atom. The maximum absolute atomic E-state index is 12.2. The Morgan fingerprint density at radius 1 is 1.22 bits per heavy atom. The average molecular weight is 381 g/mol. The summed E-state index contributed by atoms with van der Waals surface area (Å²) in [6, 6.07) is 0. The van der Waals surface area contributed by atoms with E-state index >= 15 is 0 Å². The second-order valence-electron chi connectivity index (χ2n) is 7.94. The van der Waals surface area contributed by atoms with Crippen molar-refractivity contribution in [3.8, 4) is 0 Å². The highest BCUT2D eigenvalue weighted by Gasteiger charge is 2.38. The van der Waals surface area contributed by atoms with Crippen LogP contribution in [0.4, 0.5) is 0 Å². The van der Waals surface area contributed by atoms with Crippen molar-refractivity contribution in [2.75, 3.05) is 6.61 Å². The molecule has 0 aliphatic heterocycles. The summed E-state index contributed by atoms with van der Waals surface area (Å²) in [6.45, 7) is 3.51. The second kappa shape index (κ2) is 12.2. The van der Waals surface area contributed by atoms with Crippen molar-refractivity contribution >= 4 is 11.6 Å². The molecule has 1 saturated carbocycles. The van der Waals surface area contributed by atoms with Gasteiger partial charge in [-0.15, -0.1) is 0 Å². The van der Waals surface area contributed by atoms with Gasteiger partial charge in [0.2, 0.25) is 0 Å². The monoisotopic (exact) mass is 380 g/mol. The van der Waals surface area contributed by atoms with Gasteiger partial charge in [-0.3, -0.25) is 9.59 Å². The molecule has 1 aliphatic carbocycles. The van der Waals surface area contributed by atoms with Crippen LogP contribution < -0.4 is 0 Å². The maximum Gasteiger partial charge on any atom is 0.158 e. The van der Waals surface area contributed by atoms with E-state index < -0.39 is 18.3 Å². The number of rotatable bonds is 13. The van der Waals surface area contributed by atoms with Crippen LogP contribution in [0.5, 0.6) is 0 Å². The molecule has 27 heavy (non-hydrogen) atoms. The van der Waals surface area contributed by atoms with E-state index in [0.717, 1.165) is 38.5 Å². The van der Waals surface area contributed by atoms with Gasteiger partial charge in [0.25, 0.3) is 0 Å². The predicted molar refractivity (Wildman–Crippen MR) is 106 cm³/mol. The van der Waals surface area contributed by atoms with E-state index in [4.69, 9.17) is 5.11 Å². The zero-order chi connectivity index (χ0) is 20.3. The fourth-order valence-electron chi connectivity index (χ4n) is 3.46. The van der Waals surface area contributed by atoms with Crippen molar-refractivity contribution < 1.29 is 24.9 Å². The minimum absolute atomic E-state index is 0.0431. The zero-order valence-electron chi connectivity index (χ0n) is 16.8. The third-order valence-corrected chi connectivity index (χ3v) is 5.22. The molecule has 0 bridgehead atoms. The molecule has 0 aromatic carbocycles. The third-order valence-electron chi connectivity index (χ3n) is 5.22. The van der Waals surface area contributed by atoms with Crippen molar-refractivity contribution in [1.29, 1.82) is 0 Å². The van der Waals surface area contributed by atoms with Crippen LogP contribution in [0, 0.1) is 11.8 Å². The Hall–Kier alpha value is -1.30. The van der Waals surface area contributed by atoms with Gasteiger partial charge in [0.1, 0.15) is 12.4 Å². The second-order valence-corrected chi connectivity index (χ2v) is 7.94. The molecule has 5 nitrogen and oxygen atoms in total. The van der Waals surface area contributed by atoms with Crippen LogP contribution in [0.2, 0.25) is 0 Å². The van der Waals surface area contributed by atoms with Crippen LogP contribution in [0.25, 0.3) is 0 Å². The van der Waals surface area contributed by atoms with Crippen LogP contribution in [-0.2, 0) is 9.59 Å². The lowest BCUT2D eigenvalue weighted by molar-refractivity contribution is -0.122. The Kier molecular flexibility index (Phi) is 10.7. The average Bonchev–Trinajstić information content (AvgIpc) is 2.89. The molecule has 3 N–H and O–H groups in total. The van der Waals surface area contributed by atoms with Gasteiger partial charge >= 0.3 is 0 Å². The fourth-order valence-corrected chi connectivity index (χ4v) is 3.46. The number of allylic oxidation sites excluding steroid dienone is 2. The Balaban J connectivity index is 2.51. The van der Waals surface area contributed by atoms with Gasteiger partial charge in [0.05, 0.1) is 11.7 Å². The third kappa shape index (κ3) is 8.96. The summed E-state index contributed by atoms with van der Waals surface area (Å²) in [7, 11) is 0. The summed E-state index contributed by atoms with van der Waals surface area (Å²) < 4.78 is 0. The van der Waals surface area contributed by atoms with E-state index in [9.17, 15) is 19.8 Å². The summed E-state index contributed by atoms with van der Waals surface area (Å²) in [5.74, 6) is -0.669. The highest BCUT2D eigenvalue weighted by atomic mass is 16.3. The fraction of sp³-hybridized carbons (Fsp3) is 0.727. The molecule has 5 heteroatoms. The molecule has 1 rings (SSSR count). The standard InChI is InChI=1S/C22H36O5/c1-3-4-13-22(2,27)14-9-12-19-18(20(25)15-21(19)26)11-8-6-5-7-10-17(24)16-23/h8-9,11-12,18-19,21,23,26-27H,3-7,10,13-16H2,1-2H3/t18?,19?,21?,22-/m0/s1. The molecule has 0 aromatic heterocycles. The molecule has 0 radical (unpaired) electrons. The van der Waals surface area contributed by atoms with E-state index in [-0.39, 0.29) is 29.8 Å². The number of ketones is 2. The smallest absolute Gasteiger partial charge is 0.158 e. The number of carbonyl (C=O) groups is 2. The molecule has 0 amide bonds. The number of hydrogen-bond donors (Lipinski definition) is 3. The van der Waals surface area contributed by atoms with Crippen LogP contribution in [-0.4, -0.2) is 45.2 Å². The van der Waals surface area contributed by atoms with Gasteiger partial charge < -0.3 is 15.3 Å². The molecule has 1 fully saturated rings. The van der Waals surface area contributed by atoms with Gasteiger partial charge in [0.15, 0.2) is 5.78 Å². The molecule has 3 unspecified atom stereocenters. The largest absolute Gasteiger partial charge is 0.392 e. The van der Waals surface area contributed by atoms with Crippen molar-refractivity contribution in [3.63, 3.8) is 0 Å². The van der Waals surface area contributed by atoms with E-state index in [0.29, 0.717) is 12.8 Å². The summed E-state index contributed by atoms with van der Waals surface area (Å²) in [4.78, 5) is 23.2. The highest BCUT2D eigenvalue weighted by Crippen LogP contribution is 2.32. The minimum Gasteiger partial charge on any atom is -0.392 e. The Morgan fingerprint density at radius 2 is 1.96 bits per heavy atom. The van der Waals surface area contributed by atoms with Gasteiger partial charge in [0, 0.05) is 24.7 Å². The van der Waals surface area contributed by atoms with Crippen LogP contribution >= 0.6 is 0 Å². The van der Waals surface area contributed by atoms with E-state index in [1.54, 1.807) is 0 Å². The van der Waals surface area contributed by atoms with Gasteiger partial charge in [-0.2, -0.15) is 0 Å².